The number of thiophene rings is 1. The van der Waals surface area contributed by atoms with E-state index in [-0.39, 0.29) is 23.5 Å². The molecule has 2 aliphatic rings. The molecule has 3 aromatic heterocycles. The number of pyridine rings is 1. The van der Waals surface area contributed by atoms with Crippen molar-refractivity contribution < 1.29 is 13.2 Å². The van der Waals surface area contributed by atoms with Gasteiger partial charge in [-0.15, -0.1) is 11.3 Å². The van der Waals surface area contributed by atoms with Gasteiger partial charge in [-0.1, -0.05) is 6.07 Å². The van der Waals surface area contributed by atoms with E-state index < -0.39 is 9.84 Å². The topological polar surface area (TPSA) is 88.4 Å². The number of aromatic nitrogens is 3. The molecule has 10 heteroatoms. The molecular weight excluding hydrogens is 434 g/mol. The second-order valence-corrected chi connectivity index (χ2v) is 11.6. The van der Waals surface area contributed by atoms with E-state index in [1.807, 2.05) is 40.0 Å². The summed E-state index contributed by atoms with van der Waals surface area (Å²) >= 11 is 1.57. The van der Waals surface area contributed by atoms with E-state index in [0.717, 1.165) is 35.0 Å². The molecule has 2 saturated heterocycles. The summed E-state index contributed by atoms with van der Waals surface area (Å²) in [7, 11) is -0.999. The van der Waals surface area contributed by atoms with Crippen molar-refractivity contribution in [1.82, 2.24) is 24.3 Å². The largest absolute Gasteiger partial charge is 0.335 e. The Bertz CT molecular complexity index is 1240. The highest BCUT2D eigenvalue weighted by Gasteiger charge is 2.33. The van der Waals surface area contributed by atoms with Gasteiger partial charge in [0.25, 0.3) is 5.91 Å². The Morgan fingerprint density at radius 2 is 1.97 bits per heavy atom. The van der Waals surface area contributed by atoms with Gasteiger partial charge in [0.2, 0.25) is 0 Å². The van der Waals surface area contributed by atoms with Crippen molar-refractivity contribution in [3.8, 4) is 10.6 Å². The van der Waals surface area contributed by atoms with Gasteiger partial charge in [0.1, 0.15) is 11.3 Å². The number of hydrogen-bond acceptors (Lipinski definition) is 7. The van der Waals surface area contributed by atoms with Gasteiger partial charge in [-0.3, -0.25) is 4.79 Å². The third-order valence-electron chi connectivity index (χ3n) is 6.19. The van der Waals surface area contributed by atoms with Crippen LogP contribution in [-0.2, 0) is 9.84 Å². The average Bonchev–Trinajstić information content (AvgIpc) is 3.45. The van der Waals surface area contributed by atoms with Crippen molar-refractivity contribution in [2.24, 2.45) is 0 Å². The van der Waals surface area contributed by atoms with Crippen LogP contribution in [0.4, 0.5) is 0 Å². The lowest BCUT2D eigenvalue weighted by Gasteiger charge is -2.32. The fourth-order valence-corrected chi connectivity index (χ4v) is 6.89. The van der Waals surface area contributed by atoms with Crippen LogP contribution in [-0.4, -0.2) is 83.4 Å². The van der Waals surface area contributed by atoms with Crippen LogP contribution in [0.15, 0.2) is 23.6 Å². The number of piperazine rings is 1. The fraction of sp³-hybridized carbons (Fsp3) is 0.476. The molecule has 0 aliphatic carbocycles. The fourth-order valence-electron chi connectivity index (χ4n) is 4.51. The molecule has 2 aliphatic heterocycles. The summed E-state index contributed by atoms with van der Waals surface area (Å²) in [5.74, 6) is 0.902. The number of fused-ring (bicyclic) bond motifs is 1. The number of sulfone groups is 1. The Morgan fingerprint density at radius 1 is 1.19 bits per heavy atom. The highest BCUT2D eigenvalue weighted by molar-refractivity contribution is 7.91. The molecule has 0 bridgehead atoms. The number of amides is 1. The van der Waals surface area contributed by atoms with Crippen LogP contribution in [0.3, 0.4) is 0 Å². The Labute approximate surface area is 185 Å². The molecule has 31 heavy (non-hydrogen) atoms. The Hall–Kier alpha value is -2.30. The highest BCUT2D eigenvalue weighted by Crippen LogP contribution is 2.33. The Balaban J connectivity index is 1.66. The predicted molar refractivity (Wildman–Crippen MR) is 121 cm³/mol. The number of hydrogen-bond donors (Lipinski definition) is 0. The average molecular weight is 460 g/mol. The molecule has 5 heterocycles. The minimum Gasteiger partial charge on any atom is -0.335 e. The number of likely N-dealkylation sites (N-methyl/N-ethyl adjacent to an activating group) is 1. The van der Waals surface area contributed by atoms with Crippen molar-refractivity contribution in [3.63, 3.8) is 0 Å². The van der Waals surface area contributed by atoms with Gasteiger partial charge < -0.3 is 14.4 Å². The maximum Gasteiger partial charge on any atom is 0.274 e. The minimum atomic E-state index is -3.05. The lowest BCUT2D eigenvalue weighted by Crippen LogP contribution is -2.47. The van der Waals surface area contributed by atoms with Crippen LogP contribution in [0, 0.1) is 6.92 Å². The van der Waals surface area contributed by atoms with Gasteiger partial charge in [0.15, 0.2) is 15.5 Å². The van der Waals surface area contributed by atoms with Crippen LogP contribution in [0.5, 0.6) is 0 Å². The highest BCUT2D eigenvalue weighted by atomic mass is 32.2. The molecule has 2 fully saturated rings. The molecule has 5 rings (SSSR count). The van der Waals surface area contributed by atoms with E-state index in [4.69, 9.17) is 9.97 Å². The van der Waals surface area contributed by atoms with Crippen LogP contribution in [0.2, 0.25) is 0 Å². The van der Waals surface area contributed by atoms with Crippen LogP contribution in [0.1, 0.15) is 28.8 Å². The SMILES string of the molecule is Cc1nc2c(C(=O)N3CCN(C)CC3)nc(-c3cccs3)cc2n1C1CCS(=O)(=O)C1. The summed E-state index contributed by atoms with van der Waals surface area (Å²) in [5, 5.41) is 1.98. The van der Waals surface area contributed by atoms with Crippen LogP contribution in [0.25, 0.3) is 21.6 Å². The molecular formula is C21H25N5O3S2. The number of nitrogens with zero attached hydrogens (tertiary/aromatic N) is 5. The summed E-state index contributed by atoms with van der Waals surface area (Å²) < 4.78 is 26.3. The van der Waals surface area contributed by atoms with E-state index in [2.05, 4.69) is 11.9 Å². The van der Waals surface area contributed by atoms with Gasteiger partial charge in [-0.05, 0) is 37.9 Å². The first-order chi connectivity index (χ1) is 14.8. The van der Waals surface area contributed by atoms with E-state index in [0.29, 0.717) is 30.7 Å². The standard InChI is InChI=1S/C21H25N5O3S2/c1-14-22-19-17(26(14)15-5-11-31(28,29)13-15)12-16(18-4-3-10-30-18)23-20(19)21(27)25-8-6-24(2)7-9-25/h3-4,10,12,15H,5-9,11,13H2,1-2H3. The van der Waals surface area contributed by atoms with Crippen molar-refractivity contribution in [2.75, 3.05) is 44.7 Å². The molecule has 8 nitrogen and oxygen atoms in total. The first-order valence-corrected chi connectivity index (χ1v) is 13.1. The lowest BCUT2D eigenvalue weighted by molar-refractivity contribution is 0.0660. The second kappa shape index (κ2) is 7.68. The monoisotopic (exact) mass is 459 g/mol. The minimum absolute atomic E-state index is 0.109. The van der Waals surface area contributed by atoms with Gasteiger partial charge in [-0.25, -0.2) is 18.4 Å². The van der Waals surface area contributed by atoms with Crippen molar-refractivity contribution >= 4 is 38.1 Å². The van der Waals surface area contributed by atoms with Crippen molar-refractivity contribution in [1.29, 1.82) is 0 Å². The molecule has 0 saturated carbocycles. The molecule has 1 atom stereocenters. The second-order valence-electron chi connectivity index (χ2n) is 8.38. The summed E-state index contributed by atoms with van der Waals surface area (Å²) in [6.45, 7) is 4.84. The zero-order valence-electron chi connectivity index (χ0n) is 17.6. The van der Waals surface area contributed by atoms with Gasteiger partial charge in [-0.2, -0.15) is 0 Å². The zero-order chi connectivity index (χ0) is 21.8. The Morgan fingerprint density at radius 3 is 2.61 bits per heavy atom. The van der Waals surface area contributed by atoms with Crippen molar-refractivity contribution in [3.05, 3.63) is 35.1 Å². The van der Waals surface area contributed by atoms with E-state index in [1.54, 1.807) is 11.3 Å². The predicted octanol–water partition coefficient (Wildman–Crippen LogP) is 2.22. The summed E-state index contributed by atoms with van der Waals surface area (Å²) in [6, 6.07) is 5.73. The normalized spacial score (nSPS) is 21.7. The van der Waals surface area contributed by atoms with Gasteiger partial charge >= 0.3 is 0 Å². The molecule has 164 valence electrons. The number of carbonyl (C=O) groups is 1. The first kappa shape index (κ1) is 20.6. The summed E-state index contributed by atoms with van der Waals surface area (Å²) in [4.78, 5) is 28.0. The maximum absolute atomic E-state index is 13.5. The third kappa shape index (κ3) is 3.77. The van der Waals surface area contributed by atoms with Gasteiger partial charge in [0, 0.05) is 26.2 Å². The van der Waals surface area contributed by atoms with Crippen molar-refractivity contribution in [2.45, 2.75) is 19.4 Å². The third-order valence-corrected chi connectivity index (χ3v) is 8.84. The van der Waals surface area contributed by atoms with Gasteiger partial charge in [0.05, 0.1) is 33.6 Å². The maximum atomic E-state index is 13.5. The quantitative estimate of drug-likeness (QED) is 0.597. The molecule has 0 N–H and O–H groups in total. The molecule has 3 aromatic rings. The Kier molecular flexibility index (Phi) is 5.10. The molecule has 0 spiro atoms. The van der Waals surface area contributed by atoms with E-state index in [9.17, 15) is 13.2 Å². The number of imidazole rings is 1. The molecule has 0 aromatic carbocycles. The smallest absolute Gasteiger partial charge is 0.274 e. The molecule has 1 amide bonds. The molecule has 0 radical (unpaired) electrons. The number of rotatable bonds is 3. The molecule has 1 unspecified atom stereocenters. The van der Waals surface area contributed by atoms with E-state index >= 15 is 0 Å². The van der Waals surface area contributed by atoms with Crippen LogP contribution >= 0.6 is 11.3 Å². The zero-order valence-corrected chi connectivity index (χ0v) is 19.2. The lowest BCUT2D eigenvalue weighted by atomic mass is 10.2. The summed E-state index contributed by atoms with van der Waals surface area (Å²) in [6.07, 6.45) is 0.563. The first-order valence-electron chi connectivity index (χ1n) is 10.4. The number of carbonyl (C=O) groups excluding carboxylic acids is 1. The summed E-state index contributed by atoms with van der Waals surface area (Å²) in [5.41, 5.74) is 2.43. The number of aryl methyl sites for hydroxylation is 1. The van der Waals surface area contributed by atoms with Crippen LogP contribution < -0.4 is 0 Å². The van der Waals surface area contributed by atoms with E-state index in [1.165, 1.54) is 0 Å².